The van der Waals surface area contributed by atoms with Gasteiger partial charge in [0.25, 0.3) is 13.4 Å². The van der Waals surface area contributed by atoms with Crippen LogP contribution in [0.3, 0.4) is 0 Å². The number of fused-ring (bicyclic) bond motifs is 24. The molecule has 1 spiro atoms. The van der Waals surface area contributed by atoms with Crippen LogP contribution in [0.15, 0.2) is 182 Å². The van der Waals surface area contributed by atoms with Gasteiger partial charge in [0.15, 0.2) is 0 Å². The number of hydrogen-bond donors (Lipinski definition) is 0. The highest BCUT2D eigenvalue weighted by Gasteiger charge is 2.55. The Kier molecular flexibility index (Phi) is 7.23. The third kappa shape index (κ3) is 4.77. The molecule has 6 aliphatic rings. The number of aromatic nitrogens is 2. The Labute approximate surface area is 436 Å². The van der Waals surface area contributed by atoms with Crippen molar-refractivity contribution in [1.29, 1.82) is 0 Å². The van der Waals surface area contributed by atoms with E-state index in [1.165, 1.54) is 143 Å². The van der Waals surface area contributed by atoms with Crippen molar-refractivity contribution in [2.24, 2.45) is 0 Å². The highest BCUT2D eigenvalue weighted by Crippen LogP contribution is 2.64. The molecule has 352 valence electrons. The quantitative estimate of drug-likeness (QED) is 0.142. The average molecular weight is 959 g/mol. The summed E-state index contributed by atoms with van der Waals surface area (Å²) in [5, 5.41) is 5.14. The second-order valence-corrected chi connectivity index (χ2v) is 24.3. The number of rotatable bonds is 0. The molecule has 4 aliphatic heterocycles. The van der Waals surface area contributed by atoms with E-state index in [0.29, 0.717) is 0 Å². The first kappa shape index (κ1) is 40.9. The summed E-state index contributed by atoms with van der Waals surface area (Å²) < 4.78 is 20.1. The van der Waals surface area contributed by atoms with Gasteiger partial charge in [0.1, 0.15) is 23.0 Å². The van der Waals surface area contributed by atoms with Crippen LogP contribution in [0.4, 0.5) is 0 Å². The Morgan fingerprint density at radius 3 is 1.23 bits per heavy atom. The van der Waals surface area contributed by atoms with Gasteiger partial charge in [-0.3, -0.25) is 0 Å². The summed E-state index contributed by atoms with van der Waals surface area (Å²) in [7, 11) is 0. The smallest absolute Gasteiger partial charge is 0.256 e. The zero-order chi connectivity index (χ0) is 49.8. The monoisotopic (exact) mass is 958 g/mol. The molecule has 0 saturated heterocycles. The molecular weight excluding hydrogens is 910 g/mol. The average Bonchev–Trinajstić information content (AvgIpc) is 4.35. The van der Waals surface area contributed by atoms with Gasteiger partial charge in [-0.15, -0.1) is 0 Å². The van der Waals surface area contributed by atoms with Gasteiger partial charge in [-0.05, 0) is 148 Å². The minimum atomic E-state index is -0.635. The van der Waals surface area contributed by atoms with Gasteiger partial charge in [0.2, 0.25) is 0 Å². The normalized spacial score (nSPS) is 15.1. The first-order valence-electron chi connectivity index (χ1n) is 26.8. The first-order chi connectivity index (χ1) is 36.5. The third-order valence-electron chi connectivity index (χ3n) is 18.5. The van der Waals surface area contributed by atoms with E-state index in [-0.39, 0.29) is 24.3 Å². The molecule has 0 radical (unpaired) electrons. The Hall–Kier alpha value is -8.47. The van der Waals surface area contributed by atoms with Gasteiger partial charge >= 0.3 is 0 Å². The van der Waals surface area contributed by atoms with Crippen molar-refractivity contribution in [3.05, 3.63) is 215 Å². The predicted molar refractivity (Wildman–Crippen MR) is 311 cm³/mol. The second kappa shape index (κ2) is 13.2. The van der Waals surface area contributed by atoms with Crippen LogP contribution >= 0.6 is 0 Å². The molecule has 18 rings (SSSR count). The maximum absolute atomic E-state index is 7.51. The van der Waals surface area contributed by atoms with Gasteiger partial charge in [0.05, 0.1) is 16.4 Å². The van der Waals surface area contributed by atoms with Crippen LogP contribution in [0, 0.1) is 0 Å². The summed E-state index contributed by atoms with van der Waals surface area (Å²) in [6.45, 7) is 13.9. The largest absolute Gasteiger partial charge is 0.458 e. The minimum absolute atomic E-state index is 0.0209. The summed E-state index contributed by atoms with van der Waals surface area (Å²) >= 11 is 0. The summed E-state index contributed by atoms with van der Waals surface area (Å²) in [6.07, 6.45) is 0. The lowest BCUT2D eigenvalue weighted by atomic mass is 9.34. The molecule has 12 aromatic rings. The number of nitrogens with zero attached hydrogens (tertiary/aromatic N) is 2. The van der Waals surface area contributed by atoms with Crippen LogP contribution in [0.1, 0.15) is 74.9 Å². The lowest BCUT2D eigenvalue weighted by Gasteiger charge is -2.37. The zero-order valence-corrected chi connectivity index (χ0v) is 42.7. The Morgan fingerprint density at radius 2 is 0.773 bits per heavy atom. The predicted octanol–water partition coefficient (Wildman–Crippen LogP) is 12.7. The Bertz CT molecular complexity index is 4410. The van der Waals surface area contributed by atoms with E-state index < -0.39 is 5.41 Å². The minimum Gasteiger partial charge on any atom is -0.458 e. The Morgan fingerprint density at radius 1 is 0.360 bits per heavy atom. The van der Waals surface area contributed by atoms with Crippen LogP contribution in [0.5, 0.6) is 23.0 Å². The summed E-state index contributed by atoms with van der Waals surface area (Å²) in [5.74, 6) is 3.76. The van der Waals surface area contributed by atoms with E-state index >= 15 is 0 Å². The van der Waals surface area contributed by atoms with Gasteiger partial charge in [0, 0.05) is 44.0 Å². The van der Waals surface area contributed by atoms with Crippen molar-refractivity contribution in [2.45, 2.75) is 57.8 Å². The second-order valence-electron chi connectivity index (χ2n) is 24.3. The molecule has 2 aromatic heterocycles. The molecule has 0 bridgehead atoms. The molecule has 75 heavy (non-hydrogen) atoms. The van der Waals surface area contributed by atoms with Crippen molar-refractivity contribution in [1.82, 2.24) is 9.13 Å². The first-order valence-corrected chi connectivity index (χ1v) is 26.8. The van der Waals surface area contributed by atoms with E-state index in [1.807, 2.05) is 0 Å². The fourth-order valence-corrected chi connectivity index (χ4v) is 15.3. The van der Waals surface area contributed by atoms with Crippen molar-refractivity contribution in [3.63, 3.8) is 0 Å². The van der Waals surface area contributed by atoms with Crippen LogP contribution < -0.4 is 42.3 Å². The van der Waals surface area contributed by atoms with Crippen LogP contribution in [0.2, 0.25) is 0 Å². The number of hydrogen-bond acceptors (Lipinski definition) is 2. The van der Waals surface area contributed by atoms with E-state index in [9.17, 15) is 0 Å². The fraction of sp³-hybridized carbons (Fsp3) is 0.130. The fourth-order valence-electron chi connectivity index (χ4n) is 15.3. The lowest BCUT2D eigenvalue weighted by molar-refractivity contribution is 0.480. The molecular formula is C69H48B2N2O2. The third-order valence-corrected chi connectivity index (χ3v) is 18.5. The van der Waals surface area contributed by atoms with Crippen LogP contribution in [-0.4, -0.2) is 22.6 Å². The number of para-hydroxylation sites is 4. The van der Waals surface area contributed by atoms with Gasteiger partial charge in [-0.25, -0.2) is 0 Å². The van der Waals surface area contributed by atoms with Crippen LogP contribution in [-0.2, 0) is 16.2 Å². The molecule has 0 amide bonds. The molecule has 6 heteroatoms. The van der Waals surface area contributed by atoms with Gasteiger partial charge in [-0.1, -0.05) is 175 Å². The molecule has 0 N–H and O–H groups in total. The standard InChI is InChI=1S/C69H48B2N2O2/c1-67(2,3)37-29-57-63-61(31-37)74-59-35-49-45(33-53(59)70(63)51-25-15-21-43-41-19-9-13-27-55(41)72(57)65(43)51)39-17-7-11-23-47(39)69(49)48-24-12-8-18-40(48)46-34-54-60(36-50(46)69)75-62-32-38(68(4,5)6)30-58-64(62)71(54)52-26-16-22-44-42-20-10-14-28-56(42)73(58)66(44)52/h7-36H,1-6H3. The maximum Gasteiger partial charge on any atom is 0.256 e. The SMILES string of the molecule is CC(C)(C)c1cc2c3c(c1)-n1c4ccccc4c4cccc(c41)B3c1cc3c(cc1O2)C1(c2ccccc2-3)c2ccccc2-c2cc3c(cc21)Oc1cc(C(C)(C)C)cc2c1B3c1cccc3c4ccccc4n-2c13. The van der Waals surface area contributed by atoms with E-state index in [2.05, 4.69) is 233 Å². The summed E-state index contributed by atoms with van der Waals surface area (Å²) in [6, 6.07) is 69.7. The van der Waals surface area contributed by atoms with Crippen molar-refractivity contribution in [2.75, 3.05) is 0 Å². The summed E-state index contributed by atoms with van der Waals surface area (Å²) in [4.78, 5) is 0. The van der Waals surface area contributed by atoms with Crippen molar-refractivity contribution < 1.29 is 9.47 Å². The summed E-state index contributed by atoms with van der Waals surface area (Å²) in [5.41, 5.74) is 26.9. The lowest BCUT2D eigenvalue weighted by Crippen LogP contribution is -2.58. The molecule has 2 aliphatic carbocycles. The number of ether oxygens (including phenoxy) is 2. The molecule has 10 aromatic carbocycles. The molecule has 0 atom stereocenters. The van der Waals surface area contributed by atoms with E-state index in [0.717, 1.165) is 23.0 Å². The van der Waals surface area contributed by atoms with Crippen molar-refractivity contribution >= 4 is 89.8 Å². The maximum atomic E-state index is 7.51. The number of benzene rings is 10. The molecule has 0 fully saturated rings. The van der Waals surface area contributed by atoms with Gasteiger partial charge in [-0.2, -0.15) is 0 Å². The molecule has 0 unspecified atom stereocenters. The van der Waals surface area contributed by atoms with Gasteiger partial charge < -0.3 is 18.6 Å². The highest BCUT2D eigenvalue weighted by atomic mass is 16.5. The molecule has 4 nitrogen and oxygen atoms in total. The highest BCUT2D eigenvalue weighted by molar-refractivity contribution is 7.00. The zero-order valence-electron chi connectivity index (χ0n) is 42.7. The molecule has 0 saturated carbocycles. The van der Waals surface area contributed by atoms with Crippen molar-refractivity contribution in [3.8, 4) is 56.6 Å². The topological polar surface area (TPSA) is 28.3 Å². The Balaban J connectivity index is 0.908. The van der Waals surface area contributed by atoms with E-state index in [4.69, 9.17) is 9.47 Å². The van der Waals surface area contributed by atoms with E-state index in [1.54, 1.807) is 0 Å². The molecule has 6 heterocycles. The van der Waals surface area contributed by atoms with Crippen LogP contribution in [0.25, 0.3) is 77.2 Å².